The SMILES string of the molecule is C=C(C)C(=O)OC(C)=C[Si](OC)(OC)OC. The molecule has 0 bridgehead atoms. The molecule has 16 heavy (non-hydrogen) atoms. The number of rotatable bonds is 6. The summed E-state index contributed by atoms with van der Waals surface area (Å²) in [4.78, 5) is 11.2. The molecule has 0 aromatic carbocycles. The smallest absolute Gasteiger partial charge is 0.429 e. The first-order chi connectivity index (χ1) is 7.40. The van der Waals surface area contributed by atoms with Gasteiger partial charge in [0.2, 0.25) is 0 Å². The molecular weight excluding hydrogens is 228 g/mol. The average Bonchev–Trinajstić information content (AvgIpc) is 2.26. The van der Waals surface area contributed by atoms with Crippen molar-refractivity contribution in [1.29, 1.82) is 0 Å². The average molecular weight is 246 g/mol. The van der Waals surface area contributed by atoms with Crippen LogP contribution in [0.4, 0.5) is 0 Å². The summed E-state index contributed by atoms with van der Waals surface area (Å²) in [6.07, 6.45) is 0. The maximum atomic E-state index is 11.2. The van der Waals surface area contributed by atoms with Crippen molar-refractivity contribution in [3.8, 4) is 0 Å². The lowest BCUT2D eigenvalue weighted by molar-refractivity contribution is -0.134. The van der Waals surface area contributed by atoms with Gasteiger partial charge in [-0.15, -0.1) is 0 Å². The van der Waals surface area contributed by atoms with Crippen LogP contribution in [0, 0.1) is 0 Å². The van der Waals surface area contributed by atoms with Crippen molar-refractivity contribution in [3.63, 3.8) is 0 Å². The molecule has 0 aliphatic rings. The Morgan fingerprint density at radius 2 is 1.56 bits per heavy atom. The van der Waals surface area contributed by atoms with E-state index in [2.05, 4.69) is 6.58 Å². The Morgan fingerprint density at radius 1 is 1.12 bits per heavy atom. The zero-order valence-corrected chi connectivity index (χ0v) is 11.3. The highest BCUT2D eigenvalue weighted by atomic mass is 28.4. The summed E-state index contributed by atoms with van der Waals surface area (Å²) in [5.41, 5.74) is 1.88. The summed E-state index contributed by atoms with van der Waals surface area (Å²) < 4.78 is 20.5. The molecule has 5 nitrogen and oxygen atoms in total. The maximum absolute atomic E-state index is 11.2. The van der Waals surface area contributed by atoms with Crippen molar-refractivity contribution in [3.05, 3.63) is 23.6 Å². The van der Waals surface area contributed by atoms with Gasteiger partial charge >= 0.3 is 14.8 Å². The molecule has 0 aromatic heterocycles. The fourth-order valence-corrected chi connectivity index (χ4v) is 2.35. The van der Waals surface area contributed by atoms with Crippen LogP contribution in [-0.2, 0) is 22.8 Å². The van der Waals surface area contributed by atoms with Crippen LogP contribution in [-0.4, -0.2) is 36.1 Å². The van der Waals surface area contributed by atoms with Crippen LogP contribution in [0.1, 0.15) is 13.8 Å². The Bertz CT molecular complexity index is 285. The van der Waals surface area contributed by atoms with Crippen LogP contribution in [0.15, 0.2) is 23.6 Å². The number of ether oxygens (including phenoxy) is 1. The summed E-state index contributed by atoms with van der Waals surface area (Å²) in [5, 5.41) is 0. The van der Waals surface area contributed by atoms with Crippen LogP contribution < -0.4 is 0 Å². The first-order valence-corrected chi connectivity index (χ1v) is 6.43. The van der Waals surface area contributed by atoms with E-state index in [1.54, 1.807) is 19.5 Å². The molecule has 0 saturated carbocycles. The zero-order valence-electron chi connectivity index (χ0n) is 10.3. The summed E-state index contributed by atoms with van der Waals surface area (Å²) in [7, 11) is 1.58. The van der Waals surface area contributed by atoms with E-state index < -0.39 is 14.8 Å². The minimum Gasteiger partial charge on any atom is -0.429 e. The van der Waals surface area contributed by atoms with Gasteiger partial charge in [-0.2, -0.15) is 0 Å². The van der Waals surface area contributed by atoms with Crippen LogP contribution in [0.2, 0.25) is 0 Å². The van der Waals surface area contributed by atoms with Gasteiger partial charge in [0, 0.05) is 32.6 Å². The van der Waals surface area contributed by atoms with Gasteiger partial charge in [0.05, 0.1) is 0 Å². The second-order valence-corrected chi connectivity index (χ2v) is 5.86. The van der Waals surface area contributed by atoms with Crippen LogP contribution in [0.25, 0.3) is 0 Å². The largest absolute Gasteiger partial charge is 0.532 e. The molecule has 0 rings (SSSR count). The quantitative estimate of drug-likeness (QED) is 0.307. The molecule has 0 fully saturated rings. The van der Waals surface area contributed by atoms with Crippen molar-refractivity contribution >= 4 is 14.8 Å². The minimum atomic E-state index is -2.85. The van der Waals surface area contributed by atoms with Gasteiger partial charge in [-0.25, -0.2) is 4.79 Å². The Hall–Kier alpha value is -0.953. The van der Waals surface area contributed by atoms with Gasteiger partial charge in [0.25, 0.3) is 0 Å². The predicted molar refractivity (Wildman–Crippen MR) is 61.4 cm³/mol. The fraction of sp³-hybridized carbons (Fsp3) is 0.500. The van der Waals surface area contributed by atoms with Gasteiger partial charge in [-0.3, -0.25) is 0 Å². The van der Waals surface area contributed by atoms with Crippen molar-refractivity contribution < 1.29 is 22.8 Å². The van der Waals surface area contributed by atoms with E-state index in [0.717, 1.165) is 0 Å². The molecule has 0 atom stereocenters. The normalized spacial score (nSPS) is 12.4. The number of allylic oxidation sites excluding steroid dienone is 1. The van der Waals surface area contributed by atoms with Gasteiger partial charge in [-0.1, -0.05) is 6.58 Å². The molecule has 6 heteroatoms. The summed E-state index contributed by atoms with van der Waals surface area (Å²) in [6.45, 7) is 6.68. The summed E-state index contributed by atoms with van der Waals surface area (Å²) >= 11 is 0. The first kappa shape index (κ1) is 15.0. The lowest BCUT2D eigenvalue weighted by Gasteiger charge is -2.21. The Kier molecular flexibility index (Phi) is 6.20. The number of esters is 1. The van der Waals surface area contributed by atoms with Crippen molar-refractivity contribution in [1.82, 2.24) is 0 Å². The maximum Gasteiger partial charge on any atom is 0.532 e. The van der Waals surface area contributed by atoms with Gasteiger partial charge in [0.15, 0.2) is 0 Å². The number of carbonyl (C=O) groups is 1. The second kappa shape index (κ2) is 6.59. The van der Waals surface area contributed by atoms with E-state index in [9.17, 15) is 4.79 Å². The molecule has 0 unspecified atom stereocenters. The summed E-state index contributed by atoms with van der Waals surface area (Å²) in [6, 6.07) is 0. The Morgan fingerprint density at radius 3 is 1.88 bits per heavy atom. The van der Waals surface area contributed by atoms with Crippen molar-refractivity contribution in [2.75, 3.05) is 21.3 Å². The van der Waals surface area contributed by atoms with E-state index in [4.69, 9.17) is 18.0 Å². The van der Waals surface area contributed by atoms with Gasteiger partial charge < -0.3 is 18.0 Å². The second-order valence-electron chi connectivity index (χ2n) is 3.14. The standard InChI is InChI=1S/C10H18O5Si/c1-8(2)10(11)15-9(3)7-16(12-4,13-5)14-6/h7H,1H2,2-6H3. The molecule has 0 saturated heterocycles. The number of carbonyl (C=O) groups excluding carboxylic acids is 1. The highest BCUT2D eigenvalue weighted by Crippen LogP contribution is 2.12. The highest BCUT2D eigenvalue weighted by Gasteiger charge is 2.36. The summed E-state index contributed by atoms with van der Waals surface area (Å²) in [5.74, 6) is -0.120. The molecule has 0 aromatic rings. The van der Waals surface area contributed by atoms with Crippen LogP contribution in [0.3, 0.4) is 0 Å². The predicted octanol–water partition coefficient (Wildman–Crippen LogP) is 1.43. The molecule has 0 heterocycles. The lowest BCUT2D eigenvalue weighted by Crippen LogP contribution is -2.41. The minimum absolute atomic E-state index is 0.326. The molecule has 0 aliphatic heterocycles. The highest BCUT2D eigenvalue weighted by molar-refractivity contribution is 6.66. The molecular formula is C10H18O5Si. The first-order valence-electron chi connectivity index (χ1n) is 4.63. The zero-order chi connectivity index (χ0) is 12.8. The number of hydrogen-bond donors (Lipinski definition) is 0. The topological polar surface area (TPSA) is 54.0 Å². The third-order valence-electron chi connectivity index (χ3n) is 1.84. The van der Waals surface area contributed by atoms with E-state index in [0.29, 0.717) is 11.3 Å². The monoisotopic (exact) mass is 246 g/mol. The van der Waals surface area contributed by atoms with E-state index >= 15 is 0 Å². The third kappa shape index (κ3) is 4.27. The molecule has 0 spiro atoms. The van der Waals surface area contributed by atoms with Gasteiger partial charge in [0.1, 0.15) is 5.76 Å². The molecule has 0 amide bonds. The van der Waals surface area contributed by atoms with Crippen LogP contribution in [0.5, 0.6) is 0 Å². The molecule has 0 radical (unpaired) electrons. The van der Waals surface area contributed by atoms with E-state index in [1.165, 1.54) is 21.3 Å². The van der Waals surface area contributed by atoms with Crippen LogP contribution >= 0.6 is 0 Å². The van der Waals surface area contributed by atoms with E-state index in [1.807, 2.05) is 0 Å². The molecule has 0 aliphatic carbocycles. The Balaban J connectivity index is 4.73. The van der Waals surface area contributed by atoms with Gasteiger partial charge in [-0.05, 0) is 13.8 Å². The Labute approximate surface area is 97.0 Å². The fourth-order valence-electron chi connectivity index (χ4n) is 0.939. The van der Waals surface area contributed by atoms with Crippen molar-refractivity contribution in [2.24, 2.45) is 0 Å². The van der Waals surface area contributed by atoms with E-state index in [-0.39, 0.29) is 0 Å². The van der Waals surface area contributed by atoms with Crippen molar-refractivity contribution in [2.45, 2.75) is 13.8 Å². The molecule has 92 valence electrons. The third-order valence-corrected chi connectivity index (χ3v) is 4.30. The molecule has 0 N–H and O–H groups in total. The number of hydrogen-bond acceptors (Lipinski definition) is 5. The lowest BCUT2D eigenvalue weighted by atomic mass is 10.4.